The van der Waals surface area contributed by atoms with Gasteiger partial charge < -0.3 is 15.4 Å². The van der Waals surface area contributed by atoms with E-state index in [2.05, 4.69) is 15.3 Å². The minimum atomic E-state index is -1.12. The number of hydrogen-bond acceptors (Lipinski definition) is 5. The summed E-state index contributed by atoms with van der Waals surface area (Å²) in [5.74, 6) is -0.937. The number of rotatable bonds is 6. The van der Waals surface area contributed by atoms with Crippen molar-refractivity contribution in [3.8, 4) is 0 Å². The van der Waals surface area contributed by atoms with Crippen LogP contribution in [0.15, 0.2) is 10.9 Å². The summed E-state index contributed by atoms with van der Waals surface area (Å²) in [6.07, 6.45) is 2.09. The molecule has 1 rings (SSSR count). The number of aliphatic carboxylic acids is 1. The number of carbonyl (C=O) groups is 2. The number of hydrogen-bond donors (Lipinski definition) is 3. The lowest BCUT2D eigenvalue weighted by molar-refractivity contribution is -0.139. The number of carbonyl (C=O) groups excluding carboxylic acids is 1. The van der Waals surface area contributed by atoms with Crippen molar-refractivity contribution in [3.05, 3.63) is 27.9 Å². The molecule has 0 aliphatic rings. The van der Waals surface area contributed by atoms with Crippen LogP contribution in [0.4, 0.5) is 0 Å². The van der Waals surface area contributed by atoms with E-state index in [1.165, 1.54) is 11.8 Å². The molecule has 3 N–H and O–H groups in total. The summed E-state index contributed by atoms with van der Waals surface area (Å²) in [6, 6.07) is 0.0610. The summed E-state index contributed by atoms with van der Waals surface area (Å²) in [6.45, 7) is 1.64. The summed E-state index contributed by atoms with van der Waals surface area (Å²) in [4.78, 5) is 40.5. The number of nitrogens with zero attached hydrogens (tertiary/aromatic N) is 1. The lowest BCUT2D eigenvalue weighted by Crippen LogP contribution is -2.41. The van der Waals surface area contributed by atoms with Gasteiger partial charge in [0.2, 0.25) is 0 Å². The molecule has 1 heterocycles. The summed E-state index contributed by atoms with van der Waals surface area (Å²) in [7, 11) is 0. The summed E-state index contributed by atoms with van der Waals surface area (Å²) in [5.41, 5.74) is -0.514. The number of aromatic nitrogens is 2. The fourth-order valence-electron chi connectivity index (χ4n) is 1.40. The van der Waals surface area contributed by atoms with Crippen LogP contribution >= 0.6 is 11.8 Å². The topological polar surface area (TPSA) is 112 Å². The van der Waals surface area contributed by atoms with E-state index in [-0.39, 0.29) is 12.1 Å². The number of carboxylic acids is 1. The van der Waals surface area contributed by atoms with Crippen LogP contribution in [0.2, 0.25) is 0 Å². The molecular weight excluding hydrogens is 270 g/mol. The largest absolute Gasteiger partial charge is 0.480 e. The highest BCUT2D eigenvalue weighted by molar-refractivity contribution is 7.97. The van der Waals surface area contributed by atoms with Crippen LogP contribution in [0, 0.1) is 0 Å². The van der Waals surface area contributed by atoms with Gasteiger partial charge in [0.05, 0.1) is 5.75 Å². The van der Waals surface area contributed by atoms with E-state index in [4.69, 9.17) is 5.11 Å². The maximum Gasteiger partial charge on any atom is 0.326 e. The molecule has 0 radical (unpaired) electrons. The third-order valence-corrected chi connectivity index (χ3v) is 2.88. The Balaban J connectivity index is 2.93. The van der Waals surface area contributed by atoms with E-state index >= 15 is 0 Å². The zero-order valence-corrected chi connectivity index (χ0v) is 11.4. The Morgan fingerprint density at radius 3 is 2.79 bits per heavy atom. The van der Waals surface area contributed by atoms with Gasteiger partial charge in [0.25, 0.3) is 11.5 Å². The molecule has 7 nitrogen and oxygen atoms in total. The minimum Gasteiger partial charge on any atom is -0.480 e. The Hall–Kier alpha value is -1.83. The van der Waals surface area contributed by atoms with Crippen molar-refractivity contribution < 1.29 is 14.7 Å². The van der Waals surface area contributed by atoms with Crippen LogP contribution in [-0.4, -0.2) is 39.2 Å². The van der Waals surface area contributed by atoms with Gasteiger partial charge in [0.15, 0.2) is 0 Å². The highest BCUT2D eigenvalue weighted by Gasteiger charge is 2.19. The van der Waals surface area contributed by atoms with Crippen LogP contribution in [0.3, 0.4) is 0 Å². The Morgan fingerprint density at radius 2 is 2.26 bits per heavy atom. The molecule has 1 amide bonds. The first kappa shape index (κ1) is 15.2. The minimum absolute atomic E-state index is 0.0764. The Bertz CT molecular complexity index is 529. The van der Waals surface area contributed by atoms with Crippen molar-refractivity contribution in [1.82, 2.24) is 15.3 Å². The second-order valence-corrected chi connectivity index (χ2v) is 4.65. The van der Waals surface area contributed by atoms with Gasteiger partial charge in [-0.3, -0.25) is 9.59 Å². The number of amides is 1. The van der Waals surface area contributed by atoms with Crippen molar-refractivity contribution in [2.45, 2.75) is 25.1 Å². The molecule has 1 aromatic rings. The van der Waals surface area contributed by atoms with Gasteiger partial charge in [0, 0.05) is 6.07 Å². The normalized spacial score (nSPS) is 11.9. The third-order valence-electron chi connectivity index (χ3n) is 2.32. The first-order chi connectivity index (χ1) is 8.97. The summed E-state index contributed by atoms with van der Waals surface area (Å²) < 4.78 is 0. The molecule has 0 aromatic carbocycles. The zero-order valence-electron chi connectivity index (χ0n) is 10.6. The Morgan fingerprint density at radius 1 is 1.58 bits per heavy atom. The SMILES string of the molecule is CCC(NC(=O)c1cc(=O)[nH]c(CSC)n1)C(=O)O. The van der Waals surface area contributed by atoms with Gasteiger partial charge in [-0.25, -0.2) is 9.78 Å². The quantitative estimate of drug-likeness (QED) is 0.689. The monoisotopic (exact) mass is 285 g/mol. The highest BCUT2D eigenvalue weighted by Crippen LogP contribution is 2.03. The molecule has 1 unspecified atom stereocenters. The fourth-order valence-corrected chi connectivity index (χ4v) is 1.81. The average Bonchev–Trinajstić information content (AvgIpc) is 2.34. The smallest absolute Gasteiger partial charge is 0.326 e. The van der Waals surface area contributed by atoms with E-state index in [1.807, 2.05) is 6.26 Å². The van der Waals surface area contributed by atoms with Crippen molar-refractivity contribution in [2.75, 3.05) is 6.26 Å². The van der Waals surface area contributed by atoms with Crippen molar-refractivity contribution in [2.24, 2.45) is 0 Å². The molecule has 8 heteroatoms. The molecule has 0 aliphatic carbocycles. The molecule has 19 heavy (non-hydrogen) atoms. The number of H-pyrrole nitrogens is 1. The Kier molecular flexibility index (Phi) is 5.56. The van der Waals surface area contributed by atoms with Crippen LogP contribution in [0.1, 0.15) is 29.7 Å². The van der Waals surface area contributed by atoms with Crippen LogP contribution in [0.5, 0.6) is 0 Å². The number of aromatic amines is 1. The predicted molar refractivity (Wildman–Crippen MR) is 71.3 cm³/mol. The van der Waals surface area contributed by atoms with Gasteiger partial charge in [0.1, 0.15) is 17.6 Å². The molecule has 0 fully saturated rings. The third kappa shape index (κ3) is 4.40. The van der Waals surface area contributed by atoms with E-state index in [0.29, 0.717) is 11.6 Å². The van der Waals surface area contributed by atoms with E-state index in [1.54, 1.807) is 6.92 Å². The van der Waals surface area contributed by atoms with Gasteiger partial charge in [-0.1, -0.05) is 6.92 Å². The van der Waals surface area contributed by atoms with Gasteiger partial charge in [-0.2, -0.15) is 11.8 Å². The molecule has 1 aromatic heterocycles. The van der Waals surface area contributed by atoms with Gasteiger partial charge >= 0.3 is 5.97 Å². The maximum absolute atomic E-state index is 11.8. The first-order valence-electron chi connectivity index (χ1n) is 5.60. The van der Waals surface area contributed by atoms with E-state index in [0.717, 1.165) is 6.07 Å². The first-order valence-corrected chi connectivity index (χ1v) is 7.00. The summed E-state index contributed by atoms with van der Waals surface area (Å²) in [5, 5.41) is 11.2. The maximum atomic E-state index is 11.8. The van der Waals surface area contributed by atoms with Gasteiger partial charge in [-0.05, 0) is 12.7 Å². The lowest BCUT2D eigenvalue weighted by Gasteiger charge is -2.11. The fraction of sp³-hybridized carbons (Fsp3) is 0.455. The number of thioether (sulfide) groups is 1. The molecule has 104 valence electrons. The van der Waals surface area contributed by atoms with Gasteiger partial charge in [-0.15, -0.1) is 0 Å². The second kappa shape index (κ2) is 6.93. The van der Waals surface area contributed by atoms with Crippen LogP contribution < -0.4 is 10.9 Å². The molecule has 0 saturated carbocycles. The highest BCUT2D eigenvalue weighted by atomic mass is 32.2. The number of carboxylic acid groups (broad SMARTS) is 1. The average molecular weight is 285 g/mol. The Labute approximate surface area is 113 Å². The predicted octanol–water partition coefficient (Wildman–Crippen LogP) is 0.226. The van der Waals surface area contributed by atoms with Crippen LogP contribution in [0.25, 0.3) is 0 Å². The zero-order chi connectivity index (χ0) is 14.4. The molecule has 0 saturated heterocycles. The molecule has 0 bridgehead atoms. The van der Waals surface area contributed by atoms with Crippen molar-refractivity contribution >= 4 is 23.6 Å². The lowest BCUT2D eigenvalue weighted by atomic mass is 10.2. The van der Waals surface area contributed by atoms with E-state index in [9.17, 15) is 14.4 Å². The molecular formula is C11H15N3O4S. The second-order valence-electron chi connectivity index (χ2n) is 3.78. The summed E-state index contributed by atoms with van der Waals surface area (Å²) >= 11 is 1.45. The molecule has 0 aliphatic heterocycles. The molecule has 1 atom stereocenters. The van der Waals surface area contributed by atoms with Crippen molar-refractivity contribution in [3.63, 3.8) is 0 Å². The number of nitrogens with one attached hydrogen (secondary N) is 2. The van der Waals surface area contributed by atoms with E-state index < -0.39 is 23.5 Å². The molecule has 0 spiro atoms. The van der Waals surface area contributed by atoms with Crippen LogP contribution in [-0.2, 0) is 10.5 Å². The van der Waals surface area contributed by atoms with Crippen molar-refractivity contribution in [1.29, 1.82) is 0 Å². The standard InChI is InChI=1S/C11H15N3O4S/c1-3-6(11(17)18)13-10(16)7-4-9(15)14-8(12-7)5-19-2/h4,6H,3,5H2,1-2H3,(H,13,16)(H,17,18)(H,12,14,15).